The maximum atomic E-state index is 10.1. The van der Waals surface area contributed by atoms with Gasteiger partial charge in [0.1, 0.15) is 0 Å². The molecule has 0 radical (unpaired) electrons. The van der Waals surface area contributed by atoms with Crippen LogP contribution in [0.3, 0.4) is 0 Å². The van der Waals surface area contributed by atoms with Gasteiger partial charge in [-0.2, -0.15) is 5.26 Å². The lowest BCUT2D eigenvalue weighted by Gasteiger charge is -2.49. The third-order valence-corrected chi connectivity index (χ3v) is 5.47. The quantitative estimate of drug-likeness (QED) is 0.470. The Morgan fingerprint density at radius 1 is 1.10 bits per heavy atom. The van der Waals surface area contributed by atoms with Crippen LogP contribution in [0.4, 0.5) is 0 Å². The molecule has 0 spiro atoms. The Morgan fingerprint density at radius 2 is 1.67 bits per heavy atom. The first-order valence-electron chi connectivity index (χ1n) is 8.74. The molecule has 2 nitrogen and oxygen atoms in total. The number of thioether (sulfide) groups is 1. The van der Waals surface area contributed by atoms with E-state index in [9.17, 15) is 5.26 Å². The number of nitriles is 1. The minimum absolute atomic E-state index is 0.187. The normalized spacial score (nSPS) is 18.4. The molecular formula is C18H33NOS. The molecule has 1 rings (SSSR count). The van der Waals surface area contributed by atoms with Crippen LogP contribution in [0, 0.1) is 16.7 Å². The molecule has 21 heavy (non-hydrogen) atoms. The summed E-state index contributed by atoms with van der Waals surface area (Å²) in [5.74, 6) is 0.724. The number of ether oxygens (including phenoxy) is 1. The van der Waals surface area contributed by atoms with Gasteiger partial charge in [0.2, 0.25) is 0 Å². The molecule has 3 heteroatoms. The fourth-order valence-corrected chi connectivity index (χ4v) is 4.15. The van der Waals surface area contributed by atoms with Crippen molar-refractivity contribution < 1.29 is 4.74 Å². The van der Waals surface area contributed by atoms with Gasteiger partial charge in [0, 0.05) is 0 Å². The first-order chi connectivity index (χ1) is 10.2. The van der Waals surface area contributed by atoms with Crippen molar-refractivity contribution in [1.29, 1.82) is 5.26 Å². The summed E-state index contributed by atoms with van der Waals surface area (Å²) in [7, 11) is 0. The first-order valence-corrected chi connectivity index (χ1v) is 10.1. The van der Waals surface area contributed by atoms with E-state index in [4.69, 9.17) is 4.74 Å². The number of hydrogen-bond acceptors (Lipinski definition) is 3. The average molecular weight is 312 g/mol. The lowest BCUT2D eigenvalue weighted by Crippen LogP contribution is -2.51. The summed E-state index contributed by atoms with van der Waals surface area (Å²) in [6.45, 7) is 4.44. The molecule has 1 fully saturated rings. The molecule has 0 unspecified atom stereocenters. The Hall–Kier alpha value is -0.200. The SMILES string of the molecule is CCCCC(C#N)(CCCC)C1(OCSC)CCCCC1. The van der Waals surface area contributed by atoms with Crippen LogP contribution in [-0.4, -0.2) is 17.8 Å². The lowest BCUT2D eigenvalue weighted by atomic mass is 9.61. The van der Waals surface area contributed by atoms with Crippen LogP contribution in [0.5, 0.6) is 0 Å². The van der Waals surface area contributed by atoms with Crippen molar-refractivity contribution in [1.82, 2.24) is 0 Å². The number of unbranched alkanes of at least 4 members (excludes halogenated alkanes) is 2. The van der Waals surface area contributed by atoms with Gasteiger partial charge in [0.25, 0.3) is 0 Å². The molecule has 0 amide bonds. The van der Waals surface area contributed by atoms with Crippen molar-refractivity contribution in [2.24, 2.45) is 5.41 Å². The van der Waals surface area contributed by atoms with E-state index < -0.39 is 0 Å². The number of rotatable bonds is 10. The summed E-state index contributed by atoms with van der Waals surface area (Å²) in [6.07, 6.45) is 14.6. The van der Waals surface area contributed by atoms with E-state index in [1.54, 1.807) is 11.8 Å². The van der Waals surface area contributed by atoms with Crippen LogP contribution in [-0.2, 0) is 4.74 Å². The van der Waals surface area contributed by atoms with Gasteiger partial charge in [0.15, 0.2) is 0 Å². The monoisotopic (exact) mass is 311 g/mol. The predicted octanol–water partition coefficient (Wildman–Crippen LogP) is 5.92. The van der Waals surface area contributed by atoms with Crippen LogP contribution >= 0.6 is 11.8 Å². The van der Waals surface area contributed by atoms with Crippen LogP contribution in [0.25, 0.3) is 0 Å². The second-order valence-corrected chi connectivity index (χ2v) is 7.32. The highest BCUT2D eigenvalue weighted by molar-refractivity contribution is 7.98. The van der Waals surface area contributed by atoms with Crippen molar-refractivity contribution >= 4 is 11.8 Å². The Bertz CT molecular complexity index is 310. The van der Waals surface area contributed by atoms with Crippen molar-refractivity contribution in [2.75, 3.05) is 12.2 Å². The molecule has 0 saturated heterocycles. The summed E-state index contributed by atoms with van der Waals surface area (Å²) < 4.78 is 6.41. The minimum Gasteiger partial charge on any atom is -0.363 e. The van der Waals surface area contributed by atoms with Gasteiger partial charge in [-0.15, -0.1) is 11.8 Å². The standard InChI is InChI=1S/C18H33NOS/c1-4-6-11-17(15-19,12-7-5-2)18(20-16-21-3)13-9-8-10-14-18/h4-14,16H2,1-3H3. The molecule has 0 aliphatic heterocycles. The summed E-state index contributed by atoms with van der Waals surface area (Å²) in [5, 5.41) is 10.1. The maximum Gasteiger partial charge on any atom is 0.0926 e. The highest BCUT2D eigenvalue weighted by Crippen LogP contribution is 2.51. The van der Waals surface area contributed by atoms with Crippen molar-refractivity contribution in [3.63, 3.8) is 0 Å². The van der Waals surface area contributed by atoms with E-state index in [0.717, 1.165) is 57.3 Å². The molecule has 122 valence electrons. The van der Waals surface area contributed by atoms with Gasteiger partial charge in [-0.05, 0) is 31.9 Å². The Kier molecular flexibility index (Phi) is 8.74. The van der Waals surface area contributed by atoms with E-state index >= 15 is 0 Å². The van der Waals surface area contributed by atoms with Gasteiger partial charge in [-0.25, -0.2) is 0 Å². The van der Waals surface area contributed by atoms with Gasteiger partial charge in [-0.3, -0.25) is 0 Å². The van der Waals surface area contributed by atoms with Crippen LogP contribution < -0.4 is 0 Å². The number of hydrogen-bond donors (Lipinski definition) is 0. The zero-order valence-electron chi connectivity index (χ0n) is 14.2. The van der Waals surface area contributed by atoms with Gasteiger partial charge >= 0.3 is 0 Å². The fraction of sp³-hybridized carbons (Fsp3) is 0.944. The lowest BCUT2D eigenvalue weighted by molar-refractivity contribution is -0.126. The van der Waals surface area contributed by atoms with Gasteiger partial charge < -0.3 is 4.74 Å². The fourth-order valence-electron chi connectivity index (χ4n) is 3.81. The average Bonchev–Trinajstić information content (AvgIpc) is 2.54. The Labute approximate surface area is 136 Å². The van der Waals surface area contributed by atoms with E-state index in [-0.39, 0.29) is 11.0 Å². The smallest absolute Gasteiger partial charge is 0.0926 e. The highest BCUT2D eigenvalue weighted by atomic mass is 32.2. The van der Waals surface area contributed by atoms with Gasteiger partial charge in [-0.1, -0.05) is 58.8 Å². The van der Waals surface area contributed by atoms with E-state index in [0.29, 0.717) is 0 Å². The molecule has 0 bridgehead atoms. The molecule has 1 saturated carbocycles. The van der Waals surface area contributed by atoms with E-state index in [1.807, 2.05) is 0 Å². The van der Waals surface area contributed by atoms with Crippen molar-refractivity contribution in [3.05, 3.63) is 0 Å². The summed E-state index contributed by atoms with van der Waals surface area (Å²) in [5.41, 5.74) is -0.456. The molecule has 0 N–H and O–H groups in total. The molecule has 0 aromatic heterocycles. The summed E-state index contributed by atoms with van der Waals surface area (Å²) in [4.78, 5) is 0. The second-order valence-electron chi connectivity index (χ2n) is 6.51. The minimum atomic E-state index is -0.269. The van der Waals surface area contributed by atoms with Gasteiger partial charge in [0.05, 0.1) is 23.0 Å². The predicted molar refractivity (Wildman–Crippen MR) is 92.4 cm³/mol. The molecule has 1 aliphatic rings. The molecule has 1 aliphatic carbocycles. The Balaban J connectivity index is 3.04. The van der Waals surface area contributed by atoms with E-state index in [2.05, 4.69) is 26.2 Å². The topological polar surface area (TPSA) is 33.0 Å². The summed E-state index contributed by atoms with van der Waals surface area (Å²) >= 11 is 1.74. The van der Waals surface area contributed by atoms with E-state index in [1.165, 1.54) is 19.3 Å². The van der Waals surface area contributed by atoms with Crippen LogP contribution in [0.15, 0.2) is 0 Å². The van der Waals surface area contributed by atoms with Crippen molar-refractivity contribution in [2.45, 2.75) is 90.1 Å². The molecule has 0 atom stereocenters. The van der Waals surface area contributed by atoms with Crippen LogP contribution in [0.2, 0.25) is 0 Å². The maximum absolute atomic E-state index is 10.1. The molecule has 0 aromatic rings. The molecule has 0 aromatic carbocycles. The Morgan fingerprint density at radius 3 is 2.10 bits per heavy atom. The second kappa shape index (κ2) is 9.74. The van der Waals surface area contributed by atoms with Crippen molar-refractivity contribution in [3.8, 4) is 6.07 Å². The zero-order chi connectivity index (χ0) is 15.6. The third-order valence-electron chi connectivity index (χ3n) is 5.11. The van der Waals surface area contributed by atoms with Crippen LogP contribution in [0.1, 0.15) is 84.5 Å². The molecule has 0 heterocycles. The summed E-state index contributed by atoms with van der Waals surface area (Å²) in [6, 6.07) is 2.77. The zero-order valence-corrected chi connectivity index (χ0v) is 15.1. The largest absolute Gasteiger partial charge is 0.363 e. The number of nitrogens with zero attached hydrogens (tertiary/aromatic N) is 1. The molecular weight excluding hydrogens is 278 g/mol. The first kappa shape index (κ1) is 18.8. The highest BCUT2D eigenvalue weighted by Gasteiger charge is 2.52. The third kappa shape index (κ3) is 4.63.